The molecule has 5 fully saturated rings. The molecule has 5 saturated heterocycles. The number of aromatic nitrogens is 4. The number of esters is 6. The maximum atomic E-state index is 14.3. The number of hydrogen-bond donors (Lipinski definition) is 2. The summed E-state index contributed by atoms with van der Waals surface area (Å²) < 4.78 is 83.2. The number of benzene rings is 6. The minimum Gasteiger partial charge on any atom is -0.504 e. The molecule has 0 bridgehead atoms. The smallest absolute Gasteiger partial charge is 0.415 e. The monoisotopic (exact) mass is 1850 g/mol. The number of fused-ring (bicyclic) bond motifs is 13. The first-order valence-electron chi connectivity index (χ1n) is 46.0. The van der Waals surface area contributed by atoms with Gasteiger partial charge in [0.05, 0.1) is 95.9 Å². The molecule has 10 aromatic rings. The zero-order valence-corrected chi connectivity index (χ0v) is 75.1. The number of aromatic hydroxyl groups is 1. The third-order valence-corrected chi connectivity index (χ3v) is 28.2. The molecule has 2 N–H and O–H groups in total. The number of phenolic OH excluding ortho intramolecular Hbond substituents is 1. The fraction of sp³-hybridized carbons (Fsp3) is 0.396. The molecule has 21 rings (SSSR count). The second-order valence-corrected chi connectivity index (χ2v) is 35.8. The number of aromatic carboxylic acids is 1. The van der Waals surface area contributed by atoms with Gasteiger partial charge in [-0.05, 0) is 235 Å². The molecule has 6 aromatic carbocycles. The molecule has 0 saturated carbocycles. The number of piperidine rings is 4. The van der Waals surface area contributed by atoms with Crippen LogP contribution in [-0.4, -0.2) is 208 Å². The Hall–Kier alpha value is -14.6. The predicted molar refractivity (Wildman–Crippen MR) is 481 cm³/mol. The Morgan fingerprint density at radius 2 is 0.978 bits per heavy atom. The van der Waals surface area contributed by atoms with Crippen molar-refractivity contribution in [2.75, 3.05) is 93.2 Å². The van der Waals surface area contributed by atoms with Crippen molar-refractivity contribution in [3.8, 4) is 74.5 Å². The highest BCUT2D eigenvalue weighted by Crippen LogP contribution is 2.57. The van der Waals surface area contributed by atoms with Crippen molar-refractivity contribution in [2.24, 2.45) is 11.8 Å². The van der Waals surface area contributed by atoms with Gasteiger partial charge in [0.25, 0.3) is 11.1 Å². The van der Waals surface area contributed by atoms with Gasteiger partial charge in [-0.1, -0.05) is 26.7 Å². The van der Waals surface area contributed by atoms with Crippen LogP contribution in [0, 0.1) is 11.8 Å². The Morgan fingerprint density at radius 1 is 0.507 bits per heavy atom. The number of likely N-dealkylation sites (tertiary alicyclic amines) is 4. The number of methoxy groups -OCH3 is 2. The second kappa shape index (κ2) is 36.6. The van der Waals surface area contributed by atoms with Crippen molar-refractivity contribution in [1.29, 1.82) is 0 Å². The van der Waals surface area contributed by atoms with E-state index >= 15 is 0 Å². The zero-order chi connectivity index (χ0) is 94.1. The number of pyridine rings is 4. The predicted octanol–water partition coefficient (Wildman–Crippen LogP) is 12.3. The van der Waals surface area contributed by atoms with Crippen LogP contribution in [-0.2, 0) is 89.9 Å². The first-order chi connectivity index (χ1) is 65.9. The lowest BCUT2D eigenvalue weighted by Crippen LogP contribution is -2.48. The summed E-state index contributed by atoms with van der Waals surface area (Å²) in [5.74, 6) is -5.76. The Morgan fingerprint density at radius 3 is 1.44 bits per heavy atom. The summed E-state index contributed by atoms with van der Waals surface area (Å²) in [6.45, 7) is 8.89. The van der Waals surface area contributed by atoms with E-state index in [4.69, 9.17) is 81.4 Å². The van der Waals surface area contributed by atoms with Crippen LogP contribution < -0.4 is 49.0 Å². The maximum Gasteiger partial charge on any atom is 0.415 e. The molecule has 35 nitrogen and oxygen atoms in total. The van der Waals surface area contributed by atoms with Crippen LogP contribution in [0.5, 0.6) is 51.7 Å². The number of rotatable bonds is 20. The van der Waals surface area contributed by atoms with Crippen molar-refractivity contribution < 1.29 is 120 Å². The zero-order valence-electron chi connectivity index (χ0n) is 75.1. The standard InChI is InChI=1S/C61H58N4O17.C40H40N4O10/c1-4-61(43-26-45-53-35(27-65(45)56(68)41(43)28-77-59(61)71)20-33-21-38(12-13-44(33)62-53)80-60(72)64-18-14-36(15-19-64)63-16-6-5-7-17-63)82-50(67)30-75-37-10-8-32(9-11-37)57(69)81-54-40-25-48-47(78-31-79-48)24-39(40)51(52-42(54)29-76-58(52)70)34-22-46(66)55(74-3)49(23-34)73-2;1-2-40(54-34(45)23-51-28-8-6-24(7-9-28)37(47)48)31-20-33-35-26(21-44(33)36(46)30(31)22-52-38(40)49)18-25-19-29(10-11-32(25)41-35)53-39(50)43-16-12-27(13-17-43)42-14-4-3-5-15-42/h8-13,20-26,36,42,51-52,54,66H,4-7,14-19,27-31H2,1-3H3;6-11,18-20,27H,2-5,12-17,21-23H2,1H3,(H,47,48)/t42-,51+,52+,54?,61?;/m1./s1. The molecule has 6 atom stereocenters. The lowest BCUT2D eigenvalue weighted by Gasteiger charge is -2.39. The average Bonchev–Trinajstić information content (AvgIpc) is 1.50. The van der Waals surface area contributed by atoms with E-state index in [0.29, 0.717) is 117 Å². The van der Waals surface area contributed by atoms with Crippen molar-refractivity contribution in [3.63, 3.8) is 0 Å². The number of carbonyl (C=O) groups excluding carboxylic acids is 8. The van der Waals surface area contributed by atoms with Gasteiger partial charge in [0.15, 0.2) is 36.2 Å². The summed E-state index contributed by atoms with van der Waals surface area (Å²) in [7, 11) is 2.84. The average molecular weight is 1860 g/mol. The van der Waals surface area contributed by atoms with Gasteiger partial charge in [0.1, 0.15) is 42.3 Å². The van der Waals surface area contributed by atoms with Crippen LogP contribution in [0.15, 0.2) is 143 Å². The van der Waals surface area contributed by atoms with Gasteiger partial charge in [0, 0.05) is 88.7 Å². The number of carboxylic acid groups (broad SMARTS) is 1. The minimum absolute atomic E-state index is 0.0171. The van der Waals surface area contributed by atoms with Gasteiger partial charge in [-0.2, -0.15) is 0 Å². The van der Waals surface area contributed by atoms with Crippen molar-refractivity contribution in [2.45, 2.75) is 153 Å². The second-order valence-electron chi connectivity index (χ2n) is 35.8. The number of hydrogen-bond acceptors (Lipinski definition) is 30. The third-order valence-electron chi connectivity index (χ3n) is 28.2. The Balaban J connectivity index is 0.000000183. The number of carbonyl (C=O) groups is 9. The number of phenols is 1. The van der Waals surface area contributed by atoms with E-state index in [1.54, 1.807) is 99.5 Å². The molecule has 0 spiro atoms. The first-order valence-corrected chi connectivity index (χ1v) is 46.0. The molecule has 4 aromatic heterocycles. The Bertz CT molecular complexity index is 6670. The van der Waals surface area contributed by atoms with E-state index in [0.717, 1.165) is 68.4 Å². The normalized spacial score (nSPS) is 21.3. The summed E-state index contributed by atoms with van der Waals surface area (Å²) in [6, 6.07) is 36.6. The number of carboxylic acids is 1. The fourth-order valence-electron chi connectivity index (χ4n) is 21.2. The maximum absolute atomic E-state index is 14.3. The van der Waals surface area contributed by atoms with Crippen LogP contribution in [0.2, 0.25) is 0 Å². The van der Waals surface area contributed by atoms with E-state index in [2.05, 4.69) is 9.80 Å². The Kier molecular flexibility index (Phi) is 24.1. The van der Waals surface area contributed by atoms with Crippen LogP contribution in [0.4, 0.5) is 9.59 Å². The quantitative estimate of drug-likeness (QED) is 0.0528. The lowest BCUT2D eigenvalue weighted by atomic mass is 9.66. The molecule has 2 amide bonds. The summed E-state index contributed by atoms with van der Waals surface area (Å²) >= 11 is 0. The molecule has 0 radical (unpaired) electrons. The fourth-order valence-corrected chi connectivity index (χ4v) is 21.2. The van der Waals surface area contributed by atoms with Crippen LogP contribution in [0.3, 0.4) is 0 Å². The number of amides is 2. The minimum atomic E-state index is -1.99. The molecule has 11 aliphatic rings. The lowest BCUT2D eigenvalue weighted by molar-refractivity contribution is -0.190. The molecule has 3 unspecified atom stereocenters. The largest absolute Gasteiger partial charge is 0.504 e. The molecule has 136 heavy (non-hydrogen) atoms. The van der Waals surface area contributed by atoms with E-state index in [1.165, 1.54) is 107 Å². The molecule has 1 aliphatic carbocycles. The van der Waals surface area contributed by atoms with Crippen LogP contribution in [0.25, 0.3) is 44.6 Å². The third kappa shape index (κ3) is 16.5. The molecule has 35 heteroatoms. The number of cyclic esters (lactones) is 3. The molecule has 14 heterocycles. The van der Waals surface area contributed by atoms with E-state index in [-0.39, 0.29) is 126 Å². The van der Waals surface area contributed by atoms with Crippen LogP contribution >= 0.6 is 0 Å². The highest BCUT2D eigenvalue weighted by molar-refractivity contribution is 5.93. The van der Waals surface area contributed by atoms with E-state index < -0.39 is 102 Å². The highest BCUT2D eigenvalue weighted by atomic mass is 16.7. The van der Waals surface area contributed by atoms with Gasteiger partial charge in [0.2, 0.25) is 23.7 Å². The van der Waals surface area contributed by atoms with Gasteiger partial charge in [-0.3, -0.25) is 14.4 Å². The van der Waals surface area contributed by atoms with Crippen molar-refractivity contribution in [1.82, 2.24) is 38.7 Å². The topological polar surface area (TPSA) is 406 Å². The summed E-state index contributed by atoms with van der Waals surface area (Å²) in [5.41, 5.74) is 2.62. The van der Waals surface area contributed by atoms with Gasteiger partial charge in [-0.15, -0.1) is 0 Å². The number of ether oxygens (including phenoxy) is 14. The summed E-state index contributed by atoms with van der Waals surface area (Å²) in [4.78, 5) is 166. The summed E-state index contributed by atoms with van der Waals surface area (Å²) in [6.07, 6.45) is 9.41. The van der Waals surface area contributed by atoms with Gasteiger partial charge in [-0.25, -0.2) is 48.3 Å². The van der Waals surface area contributed by atoms with Gasteiger partial charge >= 0.3 is 54.0 Å². The number of nitrogens with zero attached hydrogens (tertiary/aromatic N) is 8. The molecule has 704 valence electrons. The SMILES string of the molecule is CCC1(OC(=O)COc2ccc(C(=O)O)cc2)C(=O)OCc2c1cc1n(c2=O)Cc2cc3cc(OC(=O)N4CCC(N5CCCCC5)CC4)ccc3nc2-1.CCC1(OC(=O)COc2ccc(C(=O)OC3c4cc5c(cc4[C@H](c4cc(O)c(OC)c(OC)c4)[C@H]4C(=O)OC[C@@H]34)OCO5)cc2)C(=O)OCc2c1cc1n(c2=O)Cc2cc3cc(OC(=O)N4CCC(N5CCCCC5)CC4)ccc3nc2-1. The van der Waals surface area contributed by atoms with Gasteiger partial charge < -0.3 is 105 Å². The Labute approximate surface area is 777 Å². The van der Waals surface area contributed by atoms with E-state index in [9.17, 15) is 57.8 Å². The first kappa shape index (κ1) is 89.3. The van der Waals surface area contributed by atoms with Crippen molar-refractivity contribution >= 4 is 75.8 Å². The highest BCUT2D eigenvalue weighted by Gasteiger charge is 2.56. The molecular weight excluding hydrogens is 1760 g/mol. The van der Waals surface area contributed by atoms with E-state index in [1.807, 2.05) is 12.1 Å². The molecule has 10 aliphatic heterocycles. The molecular formula is C101H98N8O27. The summed E-state index contributed by atoms with van der Waals surface area (Å²) in [5, 5.41) is 21.6. The van der Waals surface area contributed by atoms with Crippen LogP contribution in [0.1, 0.15) is 174 Å². The van der Waals surface area contributed by atoms with Crippen molar-refractivity contribution in [3.05, 3.63) is 215 Å².